The van der Waals surface area contributed by atoms with Crippen LogP contribution in [0.3, 0.4) is 0 Å². The molecule has 0 bridgehead atoms. The number of aromatic nitrogens is 1. The topological polar surface area (TPSA) is 55.2 Å². The van der Waals surface area contributed by atoms with Crippen LogP contribution in [0.2, 0.25) is 0 Å². The van der Waals surface area contributed by atoms with E-state index in [0.29, 0.717) is 23.3 Å². The van der Waals surface area contributed by atoms with Crippen molar-refractivity contribution in [2.75, 3.05) is 7.11 Å². The minimum absolute atomic E-state index is 0.464. The first kappa shape index (κ1) is 11.6. The minimum atomic E-state index is -0.464. The molecule has 0 saturated carbocycles. The molecule has 0 aliphatic rings. The van der Waals surface area contributed by atoms with Gasteiger partial charge in [0.1, 0.15) is 11.3 Å². The van der Waals surface area contributed by atoms with E-state index in [-0.39, 0.29) is 0 Å². The number of rotatable bonds is 3. The second-order valence-electron chi connectivity index (χ2n) is 4.31. The summed E-state index contributed by atoms with van der Waals surface area (Å²) in [5.74, 6) is 0.145. The van der Waals surface area contributed by atoms with Gasteiger partial charge in [0.15, 0.2) is 5.58 Å². The van der Waals surface area contributed by atoms with Gasteiger partial charge in [0.2, 0.25) is 0 Å². The normalized spacial score (nSPS) is 10.8. The maximum absolute atomic E-state index is 11.4. The van der Waals surface area contributed by atoms with Gasteiger partial charge in [-0.1, -0.05) is 36.4 Å². The molecule has 1 heterocycles. The lowest BCUT2D eigenvalue weighted by atomic mass is 10.0. The first-order valence-corrected chi connectivity index (χ1v) is 6.00. The Morgan fingerprint density at radius 1 is 1.16 bits per heavy atom. The van der Waals surface area contributed by atoms with E-state index in [0.717, 1.165) is 11.1 Å². The third kappa shape index (κ3) is 2.12. The van der Waals surface area contributed by atoms with Crippen molar-refractivity contribution in [3.63, 3.8) is 0 Å². The SMILES string of the molecule is COc1ccc(Cc2ccccc2)c2oc(=O)[nH]c12. The standard InChI is InChI=1S/C15H13NO3/c1-18-12-8-7-11(9-10-5-3-2-4-6-10)14-13(12)16-15(17)19-14/h2-8H,9H2,1H3,(H,16,17). The van der Waals surface area contributed by atoms with Crippen molar-refractivity contribution in [1.82, 2.24) is 4.98 Å². The van der Waals surface area contributed by atoms with E-state index in [9.17, 15) is 4.79 Å². The summed E-state index contributed by atoms with van der Waals surface area (Å²) in [6.45, 7) is 0. The average molecular weight is 255 g/mol. The van der Waals surface area contributed by atoms with Crippen molar-refractivity contribution in [1.29, 1.82) is 0 Å². The van der Waals surface area contributed by atoms with Crippen LogP contribution >= 0.6 is 0 Å². The third-order valence-corrected chi connectivity index (χ3v) is 3.08. The van der Waals surface area contributed by atoms with Crippen molar-refractivity contribution in [3.05, 3.63) is 64.1 Å². The van der Waals surface area contributed by atoms with Gasteiger partial charge in [0.25, 0.3) is 0 Å². The molecule has 0 fully saturated rings. The molecule has 0 spiro atoms. The Balaban J connectivity index is 2.12. The van der Waals surface area contributed by atoms with Crippen molar-refractivity contribution >= 4 is 11.1 Å². The molecule has 0 aliphatic carbocycles. The monoisotopic (exact) mass is 255 g/mol. The summed E-state index contributed by atoms with van der Waals surface area (Å²) in [4.78, 5) is 14.0. The highest BCUT2D eigenvalue weighted by Crippen LogP contribution is 2.27. The van der Waals surface area contributed by atoms with Gasteiger partial charge in [-0.25, -0.2) is 4.79 Å². The number of aromatic amines is 1. The lowest BCUT2D eigenvalue weighted by molar-refractivity contribution is 0.419. The Kier molecular flexibility index (Phi) is 2.83. The fraction of sp³-hybridized carbons (Fsp3) is 0.133. The third-order valence-electron chi connectivity index (χ3n) is 3.08. The van der Waals surface area contributed by atoms with Crippen LogP contribution in [0.15, 0.2) is 51.7 Å². The fourth-order valence-corrected chi connectivity index (χ4v) is 2.19. The molecule has 0 atom stereocenters. The van der Waals surface area contributed by atoms with Crippen LogP contribution in [0, 0.1) is 0 Å². The summed E-state index contributed by atoms with van der Waals surface area (Å²) in [7, 11) is 1.57. The fourth-order valence-electron chi connectivity index (χ4n) is 2.19. The number of ether oxygens (including phenoxy) is 1. The molecule has 3 rings (SSSR count). The predicted octanol–water partition coefficient (Wildman–Crippen LogP) is 2.72. The maximum atomic E-state index is 11.4. The molecule has 3 aromatic rings. The molecule has 0 amide bonds. The van der Waals surface area contributed by atoms with Crippen LogP contribution in [0.4, 0.5) is 0 Å². The Morgan fingerprint density at radius 2 is 1.95 bits per heavy atom. The second-order valence-corrected chi connectivity index (χ2v) is 4.31. The number of hydrogen-bond donors (Lipinski definition) is 1. The highest BCUT2D eigenvalue weighted by atomic mass is 16.5. The number of hydrogen-bond acceptors (Lipinski definition) is 3. The van der Waals surface area contributed by atoms with E-state index < -0.39 is 5.76 Å². The van der Waals surface area contributed by atoms with Crippen LogP contribution in [0.1, 0.15) is 11.1 Å². The quantitative estimate of drug-likeness (QED) is 0.782. The van der Waals surface area contributed by atoms with Crippen LogP contribution in [-0.2, 0) is 6.42 Å². The van der Waals surface area contributed by atoms with Crippen molar-refractivity contribution in [3.8, 4) is 5.75 Å². The maximum Gasteiger partial charge on any atom is 0.417 e. The van der Waals surface area contributed by atoms with Crippen molar-refractivity contribution in [2.24, 2.45) is 0 Å². The van der Waals surface area contributed by atoms with Crippen molar-refractivity contribution < 1.29 is 9.15 Å². The first-order valence-electron chi connectivity index (χ1n) is 6.00. The van der Waals surface area contributed by atoms with Gasteiger partial charge in [-0.3, -0.25) is 4.98 Å². The molecule has 1 N–H and O–H groups in total. The molecule has 1 aromatic heterocycles. The van der Waals surface area contributed by atoms with Crippen LogP contribution in [0.25, 0.3) is 11.1 Å². The van der Waals surface area contributed by atoms with Gasteiger partial charge < -0.3 is 9.15 Å². The zero-order valence-corrected chi connectivity index (χ0v) is 10.5. The smallest absolute Gasteiger partial charge is 0.417 e. The Hall–Kier alpha value is -2.49. The molecular weight excluding hydrogens is 242 g/mol. The highest BCUT2D eigenvalue weighted by molar-refractivity contribution is 5.82. The molecule has 0 aliphatic heterocycles. The van der Waals surface area contributed by atoms with E-state index in [4.69, 9.17) is 9.15 Å². The first-order chi connectivity index (χ1) is 9.28. The molecule has 19 heavy (non-hydrogen) atoms. The number of oxazole rings is 1. The number of H-pyrrole nitrogens is 1. The molecule has 2 aromatic carbocycles. The molecule has 0 saturated heterocycles. The summed E-state index contributed by atoms with van der Waals surface area (Å²) in [5, 5.41) is 0. The van der Waals surface area contributed by atoms with Gasteiger partial charge in [0.05, 0.1) is 7.11 Å². The zero-order valence-electron chi connectivity index (χ0n) is 10.5. The van der Waals surface area contributed by atoms with E-state index in [1.807, 2.05) is 42.5 Å². The Bertz CT molecular complexity index is 756. The number of methoxy groups -OCH3 is 1. The summed E-state index contributed by atoms with van der Waals surface area (Å²) in [6, 6.07) is 13.8. The predicted molar refractivity (Wildman–Crippen MR) is 72.6 cm³/mol. The van der Waals surface area contributed by atoms with Crippen LogP contribution in [0.5, 0.6) is 5.75 Å². The molecule has 0 radical (unpaired) electrons. The summed E-state index contributed by atoms with van der Waals surface area (Å²) >= 11 is 0. The van der Waals surface area contributed by atoms with Gasteiger partial charge in [-0.2, -0.15) is 0 Å². The average Bonchev–Trinajstić information content (AvgIpc) is 2.82. The van der Waals surface area contributed by atoms with Gasteiger partial charge in [-0.05, 0) is 11.6 Å². The summed E-state index contributed by atoms with van der Waals surface area (Å²) in [5.41, 5.74) is 3.30. The lowest BCUT2D eigenvalue weighted by Crippen LogP contribution is -1.94. The lowest BCUT2D eigenvalue weighted by Gasteiger charge is -2.05. The molecular formula is C15H13NO3. The summed E-state index contributed by atoms with van der Waals surface area (Å²) in [6.07, 6.45) is 0.710. The minimum Gasteiger partial charge on any atom is -0.494 e. The van der Waals surface area contributed by atoms with Gasteiger partial charge in [0, 0.05) is 12.0 Å². The number of nitrogens with one attached hydrogen (secondary N) is 1. The molecule has 4 heteroatoms. The van der Waals surface area contributed by atoms with Crippen LogP contribution < -0.4 is 10.5 Å². The summed E-state index contributed by atoms with van der Waals surface area (Å²) < 4.78 is 10.4. The number of benzene rings is 2. The number of fused-ring (bicyclic) bond motifs is 1. The van der Waals surface area contributed by atoms with Crippen molar-refractivity contribution in [2.45, 2.75) is 6.42 Å². The second kappa shape index (κ2) is 4.65. The Morgan fingerprint density at radius 3 is 2.68 bits per heavy atom. The van der Waals surface area contributed by atoms with E-state index in [1.54, 1.807) is 7.11 Å². The molecule has 96 valence electrons. The van der Waals surface area contributed by atoms with E-state index in [2.05, 4.69) is 4.98 Å². The highest BCUT2D eigenvalue weighted by Gasteiger charge is 2.12. The van der Waals surface area contributed by atoms with Gasteiger partial charge in [-0.15, -0.1) is 0 Å². The van der Waals surface area contributed by atoms with E-state index >= 15 is 0 Å². The molecule has 4 nitrogen and oxygen atoms in total. The van der Waals surface area contributed by atoms with Gasteiger partial charge >= 0.3 is 5.76 Å². The molecule has 0 unspecified atom stereocenters. The van der Waals surface area contributed by atoms with E-state index in [1.165, 1.54) is 0 Å². The zero-order chi connectivity index (χ0) is 13.2. The van der Waals surface area contributed by atoms with Crippen LogP contribution in [-0.4, -0.2) is 12.1 Å². The largest absolute Gasteiger partial charge is 0.494 e. The Labute approximate surface area is 109 Å².